The maximum Gasteiger partial charge on any atom is 0.211 e. The Morgan fingerprint density at radius 3 is 2.55 bits per heavy atom. The van der Waals surface area contributed by atoms with Crippen molar-refractivity contribution in [1.29, 1.82) is 0 Å². The van der Waals surface area contributed by atoms with Gasteiger partial charge in [0.2, 0.25) is 10.0 Å². The zero-order valence-corrected chi connectivity index (χ0v) is 13.5. The van der Waals surface area contributed by atoms with Crippen LogP contribution in [0.4, 0.5) is 5.69 Å². The second kappa shape index (κ2) is 5.05. The van der Waals surface area contributed by atoms with Gasteiger partial charge in [-0.05, 0) is 18.2 Å². The SMILES string of the molecule is CS(=O)(=O)N1CCN(c2cc(Br)cc3[nH]ccc23)CC1. The highest BCUT2D eigenvalue weighted by atomic mass is 79.9. The number of hydrogen-bond donors (Lipinski definition) is 1. The van der Waals surface area contributed by atoms with Crippen LogP contribution in [0.1, 0.15) is 0 Å². The molecule has 1 aliphatic heterocycles. The predicted molar refractivity (Wildman–Crippen MR) is 84.6 cm³/mol. The van der Waals surface area contributed by atoms with E-state index in [4.69, 9.17) is 0 Å². The molecule has 1 aliphatic rings. The first-order chi connectivity index (χ1) is 9.45. The second-order valence-corrected chi connectivity index (χ2v) is 7.91. The van der Waals surface area contributed by atoms with Gasteiger partial charge in [0.25, 0.3) is 0 Å². The van der Waals surface area contributed by atoms with E-state index in [0.717, 1.165) is 15.7 Å². The molecule has 0 spiro atoms. The number of anilines is 1. The van der Waals surface area contributed by atoms with Gasteiger partial charge in [-0.25, -0.2) is 8.42 Å². The average molecular weight is 358 g/mol. The lowest BCUT2D eigenvalue weighted by Gasteiger charge is -2.35. The Bertz CT molecular complexity index is 733. The van der Waals surface area contributed by atoms with Gasteiger partial charge in [-0.15, -0.1) is 0 Å². The third-order valence-corrected chi connectivity index (χ3v) is 5.42. The van der Waals surface area contributed by atoms with Gasteiger partial charge in [0.15, 0.2) is 0 Å². The molecule has 2 heterocycles. The number of sulfonamides is 1. The van der Waals surface area contributed by atoms with E-state index in [-0.39, 0.29) is 0 Å². The molecule has 1 fully saturated rings. The Hall–Kier alpha value is -1.05. The van der Waals surface area contributed by atoms with Gasteiger partial charge >= 0.3 is 0 Å². The molecule has 0 atom stereocenters. The van der Waals surface area contributed by atoms with Gasteiger partial charge in [-0.3, -0.25) is 0 Å². The fraction of sp³-hybridized carbons (Fsp3) is 0.385. The number of nitrogens with zero attached hydrogens (tertiary/aromatic N) is 2. The number of rotatable bonds is 2. The van der Waals surface area contributed by atoms with E-state index in [1.807, 2.05) is 12.3 Å². The maximum absolute atomic E-state index is 11.5. The van der Waals surface area contributed by atoms with Gasteiger partial charge in [0.1, 0.15) is 0 Å². The van der Waals surface area contributed by atoms with Crippen molar-refractivity contribution in [3.8, 4) is 0 Å². The van der Waals surface area contributed by atoms with Crippen molar-refractivity contribution in [2.45, 2.75) is 0 Å². The highest BCUT2D eigenvalue weighted by Gasteiger charge is 2.24. The number of aromatic nitrogens is 1. The minimum absolute atomic E-state index is 0.539. The normalized spacial score (nSPS) is 17.8. The van der Waals surface area contributed by atoms with Crippen molar-refractivity contribution in [3.63, 3.8) is 0 Å². The molecule has 0 unspecified atom stereocenters. The smallest absolute Gasteiger partial charge is 0.211 e. The Morgan fingerprint density at radius 1 is 1.20 bits per heavy atom. The van der Waals surface area contributed by atoms with E-state index in [2.05, 4.69) is 37.9 Å². The summed E-state index contributed by atoms with van der Waals surface area (Å²) in [7, 11) is -3.08. The van der Waals surface area contributed by atoms with E-state index in [9.17, 15) is 8.42 Å². The highest BCUT2D eigenvalue weighted by Crippen LogP contribution is 2.31. The number of H-pyrrole nitrogens is 1. The number of nitrogens with one attached hydrogen (secondary N) is 1. The van der Waals surface area contributed by atoms with Crippen LogP contribution in [0.25, 0.3) is 10.9 Å². The number of hydrogen-bond acceptors (Lipinski definition) is 3. The topological polar surface area (TPSA) is 56.4 Å². The van der Waals surface area contributed by atoms with Crippen LogP contribution in [0, 0.1) is 0 Å². The molecule has 1 saturated heterocycles. The molecule has 7 heteroatoms. The van der Waals surface area contributed by atoms with Gasteiger partial charge in [0.05, 0.1) is 6.26 Å². The van der Waals surface area contributed by atoms with Gasteiger partial charge in [-0.1, -0.05) is 15.9 Å². The van der Waals surface area contributed by atoms with E-state index < -0.39 is 10.0 Å². The summed E-state index contributed by atoms with van der Waals surface area (Å²) in [4.78, 5) is 5.45. The summed E-state index contributed by atoms with van der Waals surface area (Å²) < 4.78 is 25.7. The Morgan fingerprint density at radius 2 is 1.90 bits per heavy atom. The first kappa shape index (κ1) is 13.9. The number of aromatic amines is 1. The van der Waals surface area contributed by atoms with Crippen molar-refractivity contribution < 1.29 is 8.42 Å². The molecule has 0 saturated carbocycles. The summed E-state index contributed by atoms with van der Waals surface area (Å²) in [5.74, 6) is 0. The lowest BCUT2D eigenvalue weighted by molar-refractivity contribution is 0.388. The number of halogens is 1. The van der Waals surface area contributed by atoms with E-state index in [1.165, 1.54) is 15.9 Å². The van der Waals surface area contributed by atoms with Crippen LogP contribution < -0.4 is 4.90 Å². The molecular formula is C13H16BrN3O2S. The maximum atomic E-state index is 11.5. The molecule has 1 aromatic carbocycles. The Balaban J connectivity index is 1.89. The number of fused-ring (bicyclic) bond motifs is 1. The van der Waals surface area contributed by atoms with Crippen molar-refractivity contribution in [3.05, 3.63) is 28.9 Å². The summed E-state index contributed by atoms with van der Waals surface area (Å²) in [6.07, 6.45) is 3.19. The monoisotopic (exact) mass is 357 g/mol. The standard InChI is InChI=1S/C13H16BrN3O2S/c1-20(18,19)17-6-4-16(5-7-17)13-9-10(14)8-12-11(13)2-3-15-12/h2-3,8-9,15H,4-7H2,1H3. The molecule has 2 aromatic rings. The van der Waals surface area contributed by atoms with Crippen LogP contribution in [0.5, 0.6) is 0 Å². The lowest BCUT2D eigenvalue weighted by atomic mass is 10.2. The first-order valence-electron chi connectivity index (χ1n) is 6.42. The van der Waals surface area contributed by atoms with E-state index in [0.29, 0.717) is 26.2 Å². The van der Waals surface area contributed by atoms with Crippen LogP contribution >= 0.6 is 15.9 Å². The number of benzene rings is 1. The predicted octanol–water partition coefficient (Wildman–Crippen LogP) is 2.01. The molecule has 108 valence electrons. The first-order valence-corrected chi connectivity index (χ1v) is 9.06. The van der Waals surface area contributed by atoms with Crippen molar-refractivity contribution in [1.82, 2.24) is 9.29 Å². The van der Waals surface area contributed by atoms with Gasteiger partial charge in [-0.2, -0.15) is 4.31 Å². The summed E-state index contributed by atoms with van der Waals surface area (Å²) in [6, 6.07) is 6.19. The molecule has 20 heavy (non-hydrogen) atoms. The molecule has 0 amide bonds. The molecule has 3 rings (SSSR count). The highest BCUT2D eigenvalue weighted by molar-refractivity contribution is 9.10. The van der Waals surface area contributed by atoms with E-state index >= 15 is 0 Å². The van der Waals surface area contributed by atoms with Crippen LogP contribution in [0.15, 0.2) is 28.9 Å². The zero-order chi connectivity index (χ0) is 14.3. The summed E-state index contributed by atoms with van der Waals surface area (Å²) >= 11 is 3.53. The van der Waals surface area contributed by atoms with Crippen molar-refractivity contribution in [2.75, 3.05) is 37.3 Å². The van der Waals surface area contributed by atoms with Crippen LogP contribution in [0.2, 0.25) is 0 Å². The van der Waals surface area contributed by atoms with Crippen LogP contribution in [-0.4, -0.2) is 50.1 Å². The van der Waals surface area contributed by atoms with Crippen LogP contribution in [-0.2, 0) is 10.0 Å². The summed E-state index contributed by atoms with van der Waals surface area (Å²) in [6.45, 7) is 2.50. The molecule has 0 aliphatic carbocycles. The molecule has 5 nitrogen and oxygen atoms in total. The molecule has 1 aromatic heterocycles. The van der Waals surface area contributed by atoms with Crippen LogP contribution in [0.3, 0.4) is 0 Å². The fourth-order valence-corrected chi connectivity index (χ4v) is 3.91. The minimum atomic E-state index is -3.08. The molecule has 0 bridgehead atoms. The minimum Gasteiger partial charge on any atom is -0.368 e. The average Bonchev–Trinajstić information content (AvgIpc) is 2.85. The molecule has 1 N–H and O–H groups in total. The van der Waals surface area contributed by atoms with Crippen molar-refractivity contribution >= 4 is 42.5 Å². The summed E-state index contributed by atoms with van der Waals surface area (Å²) in [5, 5.41) is 1.17. The summed E-state index contributed by atoms with van der Waals surface area (Å²) in [5.41, 5.74) is 2.23. The second-order valence-electron chi connectivity index (χ2n) is 5.01. The lowest BCUT2D eigenvalue weighted by Crippen LogP contribution is -2.48. The molecule has 0 radical (unpaired) electrons. The van der Waals surface area contributed by atoms with Gasteiger partial charge < -0.3 is 9.88 Å². The molecular weight excluding hydrogens is 342 g/mol. The third kappa shape index (κ3) is 2.57. The van der Waals surface area contributed by atoms with Crippen molar-refractivity contribution in [2.24, 2.45) is 0 Å². The third-order valence-electron chi connectivity index (χ3n) is 3.66. The fourth-order valence-electron chi connectivity index (χ4n) is 2.64. The largest absolute Gasteiger partial charge is 0.368 e. The Kier molecular flexibility index (Phi) is 3.51. The number of piperazine rings is 1. The Labute approximate surface area is 126 Å². The zero-order valence-electron chi connectivity index (χ0n) is 11.1. The quantitative estimate of drug-likeness (QED) is 0.894. The van der Waals surface area contributed by atoms with Gasteiger partial charge in [0, 0.05) is 53.4 Å². The van der Waals surface area contributed by atoms with E-state index in [1.54, 1.807) is 0 Å².